The van der Waals surface area contributed by atoms with Crippen LogP contribution in [-0.2, 0) is 0 Å². The molecule has 0 aliphatic heterocycles. The monoisotopic (exact) mass is 230 g/mol. The molecule has 0 heterocycles. The van der Waals surface area contributed by atoms with Crippen LogP contribution in [0, 0.1) is 5.92 Å². The molecule has 0 saturated heterocycles. The minimum absolute atomic E-state index is 0.647. The second kappa shape index (κ2) is 5.71. The lowest BCUT2D eigenvalue weighted by Crippen LogP contribution is -2.14. The second-order valence-electron chi connectivity index (χ2n) is 6.01. The average Bonchev–Trinajstić information content (AvgIpc) is 2.39. The molecule has 1 atom stereocenters. The first-order chi connectivity index (χ1) is 8.18. The quantitative estimate of drug-likeness (QED) is 0.643. The van der Waals surface area contributed by atoms with Crippen molar-refractivity contribution in [2.24, 2.45) is 5.92 Å². The molecule has 17 heavy (non-hydrogen) atoms. The zero-order valence-corrected chi connectivity index (χ0v) is 11.6. The lowest BCUT2D eigenvalue weighted by molar-refractivity contribution is 0.316. The SMILES string of the molecule is CC(C)c1cccc(C(C)C2CCCCC2)c1. The van der Waals surface area contributed by atoms with Crippen LogP contribution in [0.1, 0.15) is 75.8 Å². The Morgan fingerprint density at radius 1 is 0.941 bits per heavy atom. The summed E-state index contributed by atoms with van der Waals surface area (Å²) in [6.07, 6.45) is 7.22. The molecule has 0 heteroatoms. The second-order valence-corrected chi connectivity index (χ2v) is 6.01. The van der Waals surface area contributed by atoms with Gasteiger partial charge in [-0.15, -0.1) is 0 Å². The predicted molar refractivity (Wildman–Crippen MR) is 75.5 cm³/mol. The molecule has 2 rings (SSSR count). The van der Waals surface area contributed by atoms with Gasteiger partial charge in [-0.1, -0.05) is 64.3 Å². The van der Waals surface area contributed by atoms with E-state index in [2.05, 4.69) is 45.0 Å². The molecule has 0 aromatic heterocycles. The highest BCUT2D eigenvalue weighted by molar-refractivity contribution is 5.28. The summed E-state index contributed by atoms with van der Waals surface area (Å²) in [6, 6.07) is 9.26. The molecular formula is C17H26. The van der Waals surface area contributed by atoms with Crippen LogP contribution in [0.4, 0.5) is 0 Å². The minimum Gasteiger partial charge on any atom is -0.0617 e. The van der Waals surface area contributed by atoms with E-state index in [1.54, 1.807) is 5.56 Å². The summed E-state index contributed by atoms with van der Waals surface area (Å²) in [5.74, 6) is 2.31. The molecule has 0 radical (unpaired) electrons. The van der Waals surface area contributed by atoms with Crippen LogP contribution < -0.4 is 0 Å². The lowest BCUT2D eigenvalue weighted by Gasteiger charge is -2.28. The van der Waals surface area contributed by atoms with E-state index in [0.717, 1.165) is 11.8 Å². The van der Waals surface area contributed by atoms with Gasteiger partial charge in [0.05, 0.1) is 0 Å². The van der Waals surface area contributed by atoms with Crippen molar-refractivity contribution in [2.45, 2.75) is 64.7 Å². The van der Waals surface area contributed by atoms with Gasteiger partial charge in [0.25, 0.3) is 0 Å². The summed E-state index contributed by atoms with van der Waals surface area (Å²) in [7, 11) is 0. The van der Waals surface area contributed by atoms with Gasteiger partial charge in [0, 0.05) is 0 Å². The molecule has 94 valence electrons. The van der Waals surface area contributed by atoms with Crippen LogP contribution in [0.5, 0.6) is 0 Å². The highest BCUT2D eigenvalue weighted by Gasteiger charge is 2.21. The van der Waals surface area contributed by atoms with Gasteiger partial charge in [-0.2, -0.15) is 0 Å². The van der Waals surface area contributed by atoms with Crippen molar-refractivity contribution in [3.05, 3.63) is 35.4 Å². The van der Waals surface area contributed by atoms with Crippen LogP contribution in [0.15, 0.2) is 24.3 Å². The highest BCUT2D eigenvalue weighted by Crippen LogP contribution is 2.36. The molecule has 1 aromatic carbocycles. The Bertz CT molecular complexity index is 345. The molecule has 0 N–H and O–H groups in total. The fraction of sp³-hybridized carbons (Fsp3) is 0.647. The Hall–Kier alpha value is -0.780. The highest BCUT2D eigenvalue weighted by atomic mass is 14.3. The molecule has 0 spiro atoms. The maximum Gasteiger partial charge on any atom is -0.0162 e. The number of hydrogen-bond donors (Lipinski definition) is 0. The first-order valence-corrected chi connectivity index (χ1v) is 7.28. The van der Waals surface area contributed by atoms with Gasteiger partial charge >= 0.3 is 0 Å². The third kappa shape index (κ3) is 3.12. The third-order valence-electron chi connectivity index (χ3n) is 4.46. The summed E-state index contributed by atoms with van der Waals surface area (Å²) >= 11 is 0. The van der Waals surface area contributed by atoms with E-state index < -0.39 is 0 Å². The predicted octanol–water partition coefficient (Wildman–Crippen LogP) is 5.49. The first-order valence-electron chi connectivity index (χ1n) is 7.28. The third-order valence-corrected chi connectivity index (χ3v) is 4.46. The van der Waals surface area contributed by atoms with Crippen LogP contribution >= 0.6 is 0 Å². The van der Waals surface area contributed by atoms with E-state index >= 15 is 0 Å². The van der Waals surface area contributed by atoms with Crippen molar-refractivity contribution in [1.29, 1.82) is 0 Å². The largest absolute Gasteiger partial charge is 0.0617 e. The standard InChI is InChI=1S/C17H26/c1-13(2)16-10-7-11-17(12-16)14(3)15-8-5-4-6-9-15/h7,10-15H,4-6,8-9H2,1-3H3. The van der Waals surface area contributed by atoms with E-state index in [-0.39, 0.29) is 0 Å². The van der Waals surface area contributed by atoms with E-state index in [1.165, 1.54) is 37.7 Å². The van der Waals surface area contributed by atoms with Gasteiger partial charge in [0.15, 0.2) is 0 Å². The molecule has 0 bridgehead atoms. The minimum atomic E-state index is 0.647. The topological polar surface area (TPSA) is 0 Å². The summed E-state index contributed by atoms with van der Waals surface area (Å²) < 4.78 is 0. The Morgan fingerprint density at radius 2 is 1.59 bits per heavy atom. The van der Waals surface area contributed by atoms with Crippen molar-refractivity contribution < 1.29 is 0 Å². The maximum absolute atomic E-state index is 2.43. The summed E-state index contributed by atoms with van der Waals surface area (Å²) in [5, 5.41) is 0. The summed E-state index contributed by atoms with van der Waals surface area (Å²) in [6.45, 7) is 6.99. The molecule has 0 nitrogen and oxygen atoms in total. The molecule has 1 aliphatic carbocycles. The van der Waals surface area contributed by atoms with Crippen molar-refractivity contribution in [3.63, 3.8) is 0 Å². The number of hydrogen-bond acceptors (Lipinski definition) is 0. The van der Waals surface area contributed by atoms with Crippen LogP contribution in [0.2, 0.25) is 0 Å². The van der Waals surface area contributed by atoms with E-state index in [0.29, 0.717) is 5.92 Å². The average molecular weight is 230 g/mol. The molecule has 1 saturated carbocycles. The Morgan fingerprint density at radius 3 is 2.24 bits per heavy atom. The van der Waals surface area contributed by atoms with Crippen molar-refractivity contribution in [1.82, 2.24) is 0 Å². The lowest BCUT2D eigenvalue weighted by atomic mass is 9.77. The smallest absolute Gasteiger partial charge is 0.0162 e. The van der Waals surface area contributed by atoms with Crippen LogP contribution in [0.25, 0.3) is 0 Å². The molecule has 1 aromatic rings. The fourth-order valence-corrected chi connectivity index (χ4v) is 3.11. The normalized spacial score (nSPS) is 19.5. The Kier molecular flexibility index (Phi) is 4.25. The van der Waals surface area contributed by atoms with E-state index in [1.807, 2.05) is 0 Å². The Balaban J connectivity index is 2.12. The molecular weight excluding hydrogens is 204 g/mol. The van der Waals surface area contributed by atoms with Crippen LogP contribution in [-0.4, -0.2) is 0 Å². The molecule has 1 aliphatic rings. The summed E-state index contributed by atoms with van der Waals surface area (Å²) in [5.41, 5.74) is 3.05. The first kappa shape index (κ1) is 12.7. The van der Waals surface area contributed by atoms with E-state index in [4.69, 9.17) is 0 Å². The van der Waals surface area contributed by atoms with Gasteiger partial charge in [-0.05, 0) is 41.7 Å². The van der Waals surface area contributed by atoms with Crippen LogP contribution in [0.3, 0.4) is 0 Å². The molecule has 0 amide bonds. The Labute approximate surface area is 106 Å². The zero-order valence-electron chi connectivity index (χ0n) is 11.6. The van der Waals surface area contributed by atoms with E-state index in [9.17, 15) is 0 Å². The van der Waals surface area contributed by atoms with Gasteiger partial charge in [0.1, 0.15) is 0 Å². The molecule has 1 fully saturated rings. The van der Waals surface area contributed by atoms with Gasteiger partial charge in [0.2, 0.25) is 0 Å². The van der Waals surface area contributed by atoms with Crippen molar-refractivity contribution in [3.8, 4) is 0 Å². The fourth-order valence-electron chi connectivity index (χ4n) is 3.11. The molecule has 1 unspecified atom stereocenters. The van der Waals surface area contributed by atoms with Gasteiger partial charge in [-0.25, -0.2) is 0 Å². The van der Waals surface area contributed by atoms with Gasteiger partial charge < -0.3 is 0 Å². The number of rotatable bonds is 3. The van der Waals surface area contributed by atoms with Crippen molar-refractivity contribution in [2.75, 3.05) is 0 Å². The summed E-state index contributed by atoms with van der Waals surface area (Å²) in [4.78, 5) is 0. The zero-order chi connectivity index (χ0) is 12.3. The van der Waals surface area contributed by atoms with Gasteiger partial charge in [-0.3, -0.25) is 0 Å². The maximum atomic E-state index is 2.43. The van der Waals surface area contributed by atoms with Crippen molar-refractivity contribution >= 4 is 0 Å². The number of benzene rings is 1.